The van der Waals surface area contributed by atoms with E-state index in [4.69, 9.17) is 9.97 Å². The number of aromatic hydroxyl groups is 1. The Hall–Kier alpha value is -6.16. The smallest absolute Gasteiger partial charge is 0.127 e. The molecule has 52 heavy (non-hydrogen) atoms. The summed E-state index contributed by atoms with van der Waals surface area (Å²) in [6, 6.07) is 57.1. The van der Waals surface area contributed by atoms with Crippen LogP contribution in [0.25, 0.3) is 83.5 Å². The predicted octanol–water partition coefficient (Wildman–Crippen LogP) is 11.6. The van der Waals surface area contributed by atoms with Crippen LogP contribution < -0.4 is 0 Å². The topological polar surface area (TPSA) is 50.9 Å². The number of hydrogen-bond donors (Lipinski definition) is 1. The van der Waals surface area contributed by atoms with Crippen LogP contribution in [0.5, 0.6) is 5.75 Å². The van der Waals surface area contributed by atoms with Crippen LogP contribution in [0.1, 0.15) is 0 Å². The fraction of sp³-hybridized carbons (Fsp3) is 0. The third kappa shape index (κ3) is 6.00. The summed E-state index contributed by atoms with van der Waals surface area (Å²) >= 11 is 0. The van der Waals surface area contributed by atoms with Crippen molar-refractivity contribution in [1.29, 1.82) is 0 Å². The molecule has 3 heterocycles. The summed E-state index contributed by atoms with van der Waals surface area (Å²) in [6.07, 6.45) is 1.85. The molecule has 0 atom stereocenters. The van der Waals surface area contributed by atoms with E-state index in [1.807, 2.05) is 72.9 Å². The van der Waals surface area contributed by atoms with Crippen molar-refractivity contribution in [2.24, 2.45) is 0 Å². The van der Waals surface area contributed by atoms with Crippen molar-refractivity contribution >= 4 is 21.8 Å². The number of pyridine rings is 2. The number of para-hydroxylation sites is 3. The number of phenolic OH excluding ortho intramolecular Hbond substituents is 1. The van der Waals surface area contributed by atoms with E-state index in [1.165, 1.54) is 16.8 Å². The van der Waals surface area contributed by atoms with E-state index in [2.05, 4.69) is 89.5 Å². The standard InChI is InChI=1S/C46H29FN3O.Pt/c47-35-21-22-40(45(51)29-35)43-28-34(30-11-3-1-4-12-30)27-42(49-43)33-14-9-13-32(25-33)41-26-31(23-24-48-41)37-18-10-19-39-38-17-7-8-20-44(38)50(46(37)39)36-15-5-2-6-16-36;/h1-24,26-29,51H;/q-1;. The third-order valence-corrected chi connectivity index (χ3v) is 9.30. The van der Waals surface area contributed by atoms with E-state index in [0.29, 0.717) is 17.0 Å². The molecule has 0 aliphatic carbocycles. The molecule has 0 unspecified atom stereocenters. The van der Waals surface area contributed by atoms with Gasteiger partial charge in [-0.1, -0.05) is 108 Å². The van der Waals surface area contributed by atoms with Gasteiger partial charge in [-0.25, -0.2) is 4.39 Å². The summed E-state index contributed by atoms with van der Waals surface area (Å²) in [6.45, 7) is 0. The predicted molar refractivity (Wildman–Crippen MR) is 204 cm³/mol. The maximum atomic E-state index is 13.9. The summed E-state index contributed by atoms with van der Waals surface area (Å²) in [5.41, 5.74) is 11.5. The molecular formula is C46H29FN3OPt-. The third-order valence-electron chi connectivity index (χ3n) is 9.30. The molecule has 252 valence electrons. The van der Waals surface area contributed by atoms with Gasteiger partial charge in [0.05, 0.1) is 16.7 Å². The zero-order valence-corrected chi connectivity index (χ0v) is 29.9. The van der Waals surface area contributed by atoms with Crippen molar-refractivity contribution in [3.05, 3.63) is 182 Å². The van der Waals surface area contributed by atoms with Crippen LogP contribution in [0.2, 0.25) is 0 Å². The van der Waals surface area contributed by atoms with Gasteiger partial charge in [-0.3, -0.25) is 9.97 Å². The summed E-state index contributed by atoms with van der Waals surface area (Å²) < 4.78 is 16.3. The van der Waals surface area contributed by atoms with Gasteiger partial charge in [-0.05, 0) is 59.2 Å². The molecule has 6 aromatic carbocycles. The van der Waals surface area contributed by atoms with Gasteiger partial charge in [0.15, 0.2) is 0 Å². The molecule has 0 radical (unpaired) electrons. The van der Waals surface area contributed by atoms with Crippen LogP contribution in [0.4, 0.5) is 4.39 Å². The molecular weight excluding hydrogens is 825 g/mol. The number of benzene rings is 6. The minimum absolute atomic E-state index is 0. The Morgan fingerprint density at radius 1 is 0.538 bits per heavy atom. The Kier molecular flexibility index (Phi) is 8.80. The first-order valence-electron chi connectivity index (χ1n) is 16.7. The van der Waals surface area contributed by atoms with Crippen molar-refractivity contribution in [3.8, 4) is 67.5 Å². The molecule has 6 heteroatoms. The van der Waals surface area contributed by atoms with Gasteiger partial charge < -0.3 is 9.67 Å². The molecule has 0 saturated carbocycles. The first-order valence-corrected chi connectivity index (χ1v) is 16.7. The molecule has 9 aromatic rings. The van der Waals surface area contributed by atoms with Gasteiger partial charge in [0.1, 0.15) is 11.6 Å². The monoisotopic (exact) mass is 853 g/mol. The van der Waals surface area contributed by atoms with E-state index >= 15 is 0 Å². The second-order valence-corrected chi connectivity index (χ2v) is 12.5. The Labute approximate surface area is 314 Å². The van der Waals surface area contributed by atoms with Crippen molar-refractivity contribution in [3.63, 3.8) is 0 Å². The van der Waals surface area contributed by atoms with Crippen LogP contribution in [0, 0.1) is 11.9 Å². The van der Waals surface area contributed by atoms with Crippen LogP contribution >= 0.6 is 0 Å². The van der Waals surface area contributed by atoms with Gasteiger partial charge in [0.25, 0.3) is 0 Å². The molecule has 0 bridgehead atoms. The molecule has 4 nitrogen and oxygen atoms in total. The minimum Gasteiger partial charge on any atom is -0.507 e. The number of nitrogens with zero attached hydrogens (tertiary/aromatic N) is 3. The number of hydrogen-bond acceptors (Lipinski definition) is 3. The molecule has 9 rings (SSSR count). The minimum atomic E-state index is -0.510. The molecule has 0 aliphatic rings. The zero-order chi connectivity index (χ0) is 34.3. The van der Waals surface area contributed by atoms with Crippen LogP contribution in [0.15, 0.2) is 170 Å². The average Bonchev–Trinajstić information content (AvgIpc) is 3.53. The van der Waals surface area contributed by atoms with E-state index in [-0.39, 0.29) is 26.8 Å². The molecule has 0 fully saturated rings. The second kappa shape index (κ2) is 13.9. The molecule has 0 saturated heterocycles. The van der Waals surface area contributed by atoms with Crippen LogP contribution in [0.3, 0.4) is 0 Å². The number of phenols is 1. The number of aromatic nitrogens is 3. The van der Waals surface area contributed by atoms with Crippen LogP contribution in [-0.4, -0.2) is 19.6 Å². The maximum Gasteiger partial charge on any atom is 0.127 e. The van der Waals surface area contributed by atoms with Crippen molar-refractivity contribution in [2.45, 2.75) is 0 Å². The zero-order valence-electron chi connectivity index (χ0n) is 27.6. The van der Waals surface area contributed by atoms with E-state index in [1.54, 1.807) is 6.07 Å². The largest absolute Gasteiger partial charge is 0.507 e. The summed E-state index contributed by atoms with van der Waals surface area (Å²) in [4.78, 5) is 9.74. The van der Waals surface area contributed by atoms with Gasteiger partial charge in [0.2, 0.25) is 0 Å². The summed E-state index contributed by atoms with van der Waals surface area (Å²) in [7, 11) is 0. The van der Waals surface area contributed by atoms with Crippen molar-refractivity contribution in [2.75, 3.05) is 0 Å². The quantitative estimate of drug-likeness (QED) is 0.170. The van der Waals surface area contributed by atoms with Gasteiger partial charge in [0, 0.05) is 72.3 Å². The fourth-order valence-electron chi connectivity index (χ4n) is 6.94. The first kappa shape index (κ1) is 33.0. The average molecular weight is 854 g/mol. The van der Waals surface area contributed by atoms with E-state index < -0.39 is 5.82 Å². The second-order valence-electron chi connectivity index (χ2n) is 12.5. The molecule has 0 spiro atoms. The van der Waals surface area contributed by atoms with E-state index in [9.17, 15) is 9.50 Å². The Bertz CT molecular complexity index is 2730. The Morgan fingerprint density at radius 3 is 2.02 bits per heavy atom. The van der Waals surface area contributed by atoms with Crippen molar-refractivity contribution in [1.82, 2.24) is 14.5 Å². The Balaban J connectivity index is 0.00000387. The van der Waals surface area contributed by atoms with E-state index in [0.717, 1.165) is 61.9 Å². The van der Waals surface area contributed by atoms with Crippen LogP contribution in [-0.2, 0) is 21.1 Å². The normalized spacial score (nSPS) is 11.1. The molecule has 0 amide bonds. The van der Waals surface area contributed by atoms with Gasteiger partial charge >= 0.3 is 0 Å². The molecule has 3 aromatic heterocycles. The molecule has 1 N–H and O–H groups in total. The Morgan fingerprint density at radius 2 is 1.21 bits per heavy atom. The summed E-state index contributed by atoms with van der Waals surface area (Å²) in [5, 5.41) is 13.1. The van der Waals surface area contributed by atoms with Gasteiger partial charge in [-0.2, -0.15) is 0 Å². The number of rotatable bonds is 6. The number of halogens is 1. The molecule has 0 aliphatic heterocycles. The fourth-order valence-corrected chi connectivity index (χ4v) is 6.94. The SMILES string of the molecule is Oc1cc(F)ccc1-c1cc(-c2ccccc2)cc(-c2[c-]c(-c3cc(-c4cccc5c6ccccc6n(-c6ccccc6)c45)ccn3)ccc2)n1.[Pt]. The summed E-state index contributed by atoms with van der Waals surface area (Å²) in [5.74, 6) is -0.678. The van der Waals surface area contributed by atoms with Crippen molar-refractivity contribution < 1.29 is 30.6 Å². The first-order chi connectivity index (χ1) is 25.1. The van der Waals surface area contributed by atoms with Gasteiger partial charge in [-0.15, -0.1) is 24.3 Å². The number of fused-ring (bicyclic) bond motifs is 3. The maximum absolute atomic E-state index is 13.9.